The summed E-state index contributed by atoms with van der Waals surface area (Å²) in [6, 6.07) is 18.1. The summed E-state index contributed by atoms with van der Waals surface area (Å²) in [5.41, 5.74) is 2.05. The molecule has 2 unspecified atom stereocenters. The van der Waals surface area contributed by atoms with E-state index in [1.807, 2.05) is 30.3 Å². The van der Waals surface area contributed by atoms with Crippen LogP contribution < -0.4 is 18.9 Å². The predicted molar refractivity (Wildman–Crippen MR) is 143 cm³/mol. The second-order valence-corrected chi connectivity index (χ2v) is 9.45. The van der Waals surface area contributed by atoms with Gasteiger partial charge in [0.1, 0.15) is 24.7 Å². The first-order chi connectivity index (χ1) is 16.9. The van der Waals surface area contributed by atoms with E-state index in [2.05, 4.69) is 38.4 Å². The summed E-state index contributed by atoms with van der Waals surface area (Å²) in [5.74, 6) is 1.24. The van der Waals surface area contributed by atoms with E-state index < -0.39 is 9.65 Å². The third kappa shape index (κ3) is 6.58. The molecule has 0 aliphatic heterocycles. The summed E-state index contributed by atoms with van der Waals surface area (Å²) in [4.78, 5) is 12.3. The fraction of sp³-hybridized carbons (Fsp3) is 0.222. The molecule has 3 aromatic carbocycles. The van der Waals surface area contributed by atoms with E-state index in [0.29, 0.717) is 35.0 Å². The van der Waals surface area contributed by atoms with Crippen molar-refractivity contribution >= 4 is 37.6 Å². The lowest BCUT2D eigenvalue weighted by Gasteiger charge is -2.20. The molecule has 35 heavy (non-hydrogen) atoms. The highest BCUT2D eigenvalue weighted by atomic mass is 79.9. The highest BCUT2D eigenvalue weighted by Crippen LogP contribution is 2.43. The summed E-state index contributed by atoms with van der Waals surface area (Å²) in [7, 11) is 2.92. The number of aromatic hydroxyl groups is 1. The Balaban J connectivity index is 1.84. The third-order valence-corrected chi connectivity index (χ3v) is 7.84. The minimum atomic E-state index is -0.679. The van der Waals surface area contributed by atoms with E-state index in [-0.39, 0.29) is 23.9 Å². The molecule has 0 amide bonds. The standard InChI is InChI=1S/C27H26Br2O6/c1-4-12-34-22-15-19(35-16-17-8-6-5-7-9-17)10-11-20(22)26(31)25(29)24(28)18-13-21(30)27(33-3)23(14-18)32-2/h4-11,13-15,24-25,30H,1,12,16H2,2-3H3. The van der Waals surface area contributed by atoms with Crippen molar-refractivity contribution in [3.63, 3.8) is 0 Å². The number of alkyl halides is 2. The van der Waals surface area contributed by atoms with E-state index in [1.54, 1.807) is 30.3 Å². The minimum absolute atomic E-state index is 0.0895. The lowest BCUT2D eigenvalue weighted by atomic mass is 10.0. The van der Waals surface area contributed by atoms with Crippen LogP contribution in [0.1, 0.15) is 26.3 Å². The number of carbonyl (C=O) groups is 1. The molecule has 0 bridgehead atoms. The van der Waals surface area contributed by atoms with Crippen LogP contribution in [-0.4, -0.2) is 36.5 Å². The Kier molecular flexibility index (Phi) is 9.63. The number of methoxy groups -OCH3 is 2. The van der Waals surface area contributed by atoms with E-state index in [4.69, 9.17) is 18.9 Å². The third-order valence-electron chi connectivity index (χ3n) is 5.13. The average Bonchev–Trinajstić information content (AvgIpc) is 2.89. The molecule has 0 fully saturated rings. The van der Waals surface area contributed by atoms with Crippen LogP contribution in [-0.2, 0) is 6.61 Å². The topological polar surface area (TPSA) is 74.2 Å². The first-order valence-corrected chi connectivity index (χ1v) is 12.5. The van der Waals surface area contributed by atoms with E-state index in [0.717, 1.165) is 5.56 Å². The molecular weight excluding hydrogens is 580 g/mol. The Bertz CT molecular complexity index is 1170. The van der Waals surface area contributed by atoms with Gasteiger partial charge in [0.05, 0.1) is 29.4 Å². The average molecular weight is 606 g/mol. The summed E-state index contributed by atoms with van der Waals surface area (Å²) >= 11 is 7.09. The molecular formula is C27H26Br2O6. The van der Waals surface area contributed by atoms with Crippen molar-refractivity contribution in [3.05, 3.63) is 90.0 Å². The van der Waals surface area contributed by atoms with Crippen molar-refractivity contribution in [3.8, 4) is 28.7 Å². The van der Waals surface area contributed by atoms with Gasteiger partial charge in [-0.2, -0.15) is 0 Å². The van der Waals surface area contributed by atoms with Crippen LogP contribution in [0.5, 0.6) is 28.7 Å². The van der Waals surface area contributed by atoms with Crippen LogP contribution in [0.25, 0.3) is 0 Å². The van der Waals surface area contributed by atoms with Crippen molar-refractivity contribution in [2.45, 2.75) is 16.3 Å². The SMILES string of the molecule is C=CCOc1cc(OCc2ccccc2)ccc1C(=O)C(Br)C(Br)c1cc(O)c(OC)c(OC)c1. The molecule has 3 aromatic rings. The van der Waals surface area contributed by atoms with E-state index in [1.165, 1.54) is 20.3 Å². The molecule has 3 rings (SSSR count). The first-order valence-electron chi connectivity index (χ1n) is 10.7. The summed E-state index contributed by atoms with van der Waals surface area (Å²) < 4.78 is 22.2. The lowest BCUT2D eigenvalue weighted by Crippen LogP contribution is -2.20. The number of phenols is 1. The van der Waals surface area contributed by atoms with Crippen LogP contribution in [0.2, 0.25) is 0 Å². The molecule has 0 aliphatic carbocycles. The molecule has 1 N–H and O–H groups in total. The molecule has 2 atom stereocenters. The number of phenolic OH excluding ortho intramolecular Hbond substituents is 1. The van der Waals surface area contributed by atoms with Gasteiger partial charge in [-0.05, 0) is 35.4 Å². The molecule has 0 radical (unpaired) electrons. The van der Waals surface area contributed by atoms with Gasteiger partial charge >= 0.3 is 0 Å². The van der Waals surface area contributed by atoms with Crippen LogP contribution in [0.4, 0.5) is 0 Å². The van der Waals surface area contributed by atoms with Crippen molar-refractivity contribution in [1.82, 2.24) is 0 Å². The lowest BCUT2D eigenvalue weighted by molar-refractivity contribution is 0.0987. The van der Waals surface area contributed by atoms with Gasteiger partial charge in [0, 0.05) is 6.07 Å². The zero-order valence-electron chi connectivity index (χ0n) is 19.4. The summed E-state index contributed by atoms with van der Waals surface area (Å²) in [5, 5.41) is 10.3. The molecule has 0 aromatic heterocycles. The molecule has 0 aliphatic rings. The van der Waals surface area contributed by atoms with Crippen LogP contribution in [0.15, 0.2) is 73.3 Å². The maximum Gasteiger partial charge on any atom is 0.203 e. The van der Waals surface area contributed by atoms with E-state index >= 15 is 0 Å². The maximum absolute atomic E-state index is 13.5. The van der Waals surface area contributed by atoms with Gasteiger partial charge in [-0.25, -0.2) is 0 Å². The molecule has 0 saturated heterocycles. The van der Waals surface area contributed by atoms with Gasteiger partial charge < -0.3 is 24.1 Å². The molecule has 184 valence electrons. The number of hydrogen-bond donors (Lipinski definition) is 1. The van der Waals surface area contributed by atoms with Crippen molar-refractivity contribution < 1.29 is 28.8 Å². The number of Topliss-reactive ketones (excluding diaryl/α,β-unsaturated/α-hetero) is 1. The second kappa shape index (κ2) is 12.7. The van der Waals surface area contributed by atoms with Gasteiger partial charge in [0.25, 0.3) is 0 Å². The fourth-order valence-electron chi connectivity index (χ4n) is 3.38. The Hall–Kier alpha value is -2.97. The van der Waals surface area contributed by atoms with Crippen LogP contribution in [0, 0.1) is 0 Å². The van der Waals surface area contributed by atoms with Crippen molar-refractivity contribution in [2.75, 3.05) is 20.8 Å². The van der Waals surface area contributed by atoms with Crippen LogP contribution >= 0.6 is 31.9 Å². The Labute approximate surface area is 221 Å². The second-order valence-electron chi connectivity index (χ2n) is 7.48. The van der Waals surface area contributed by atoms with Crippen molar-refractivity contribution in [2.24, 2.45) is 0 Å². The number of carbonyl (C=O) groups excluding carboxylic acids is 1. The van der Waals surface area contributed by atoms with E-state index in [9.17, 15) is 9.90 Å². The van der Waals surface area contributed by atoms with Gasteiger partial charge in [-0.3, -0.25) is 4.79 Å². The predicted octanol–water partition coefficient (Wildman–Crippen LogP) is 6.64. The smallest absolute Gasteiger partial charge is 0.203 e. The Morgan fingerprint density at radius 1 is 1.00 bits per heavy atom. The monoisotopic (exact) mass is 604 g/mol. The fourth-order valence-corrected chi connectivity index (χ4v) is 4.44. The zero-order valence-corrected chi connectivity index (χ0v) is 22.5. The molecule has 0 spiro atoms. The maximum atomic E-state index is 13.5. The zero-order chi connectivity index (χ0) is 25.4. The Morgan fingerprint density at radius 2 is 1.74 bits per heavy atom. The highest BCUT2D eigenvalue weighted by molar-refractivity contribution is 9.12. The number of benzene rings is 3. The van der Waals surface area contributed by atoms with Gasteiger partial charge in [-0.1, -0.05) is 74.8 Å². The first kappa shape index (κ1) is 26.6. The summed E-state index contributed by atoms with van der Waals surface area (Å²) in [6.45, 7) is 4.31. The number of hydrogen-bond acceptors (Lipinski definition) is 6. The molecule has 6 nitrogen and oxygen atoms in total. The largest absolute Gasteiger partial charge is 0.504 e. The number of ketones is 1. The normalized spacial score (nSPS) is 12.3. The highest BCUT2D eigenvalue weighted by Gasteiger charge is 2.30. The number of ether oxygens (including phenoxy) is 4. The van der Waals surface area contributed by atoms with Gasteiger partial charge in [-0.15, -0.1) is 0 Å². The van der Waals surface area contributed by atoms with Gasteiger partial charge in [0.15, 0.2) is 17.3 Å². The quantitative estimate of drug-likeness (QED) is 0.142. The van der Waals surface area contributed by atoms with Gasteiger partial charge in [0.2, 0.25) is 5.75 Å². The number of halogens is 2. The van der Waals surface area contributed by atoms with Crippen LogP contribution in [0.3, 0.4) is 0 Å². The molecule has 8 heteroatoms. The molecule has 0 heterocycles. The summed E-state index contributed by atoms with van der Waals surface area (Å²) in [6.07, 6.45) is 1.61. The minimum Gasteiger partial charge on any atom is -0.504 e. The Morgan fingerprint density at radius 3 is 2.40 bits per heavy atom. The van der Waals surface area contributed by atoms with Crippen molar-refractivity contribution in [1.29, 1.82) is 0 Å². The number of rotatable bonds is 12. The molecule has 0 saturated carbocycles.